The van der Waals surface area contributed by atoms with Gasteiger partial charge in [0.1, 0.15) is 5.01 Å². The minimum atomic E-state index is 0.0342. The zero-order chi connectivity index (χ0) is 17.6. The number of hydrogen-bond donors (Lipinski definition) is 0. The second-order valence-electron chi connectivity index (χ2n) is 5.71. The maximum absolute atomic E-state index is 12.8. The molecule has 0 unspecified atom stereocenters. The lowest BCUT2D eigenvalue weighted by Gasteiger charge is -2.22. The first-order valence-corrected chi connectivity index (χ1v) is 9.66. The normalized spacial score (nSPS) is 10.6. The Morgan fingerprint density at radius 2 is 1.88 bits per heavy atom. The Kier molecular flexibility index (Phi) is 5.73. The Bertz CT molecular complexity index is 841. The van der Waals surface area contributed by atoms with Gasteiger partial charge in [-0.15, -0.1) is 22.7 Å². The summed E-state index contributed by atoms with van der Waals surface area (Å²) in [6.07, 6.45) is 2.05. The smallest absolute Gasteiger partial charge is 0.227 e. The number of aromatic nitrogens is 1. The summed E-state index contributed by atoms with van der Waals surface area (Å²) in [4.78, 5) is 31.1. The minimum Gasteiger partial charge on any atom is -0.331 e. The molecule has 0 bridgehead atoms. The van der Waals surface area contributed by atoms with E-state index in [2.05, 4.69) is 4.98 Å². The van der Waals surface area contributed by atoms with Gasteiger partial charge in [0.2, 0.25) is 5.91 Å². The molecule has 25 heavy (non-hydrogen) atoms. The van der Waals surface area contributed by atoms with Crippen molar-refractivity contribution in [3.05, 3.63) is 74.4 Å². The highest BCUT2D eigenvalue weighted by molar-refractivity contribution is 7.12. The van der Waals surface area contributed by atoms with E-state index in [4.69, 9.17) is 0 Å². The van der Waals surface area contributed by atoms with Gasteiger partial charge in [-0.2, -0.15) is 0 Å². The van der Waals surface area contributed by atoms with Crippen molar-refractivity contribution in [3.8, 4) is 0 Å². The highest BCUT2D eigenvalue weighted by atomic mass is 32.1. The number of amides is 1. The van der Waals surface area contributed by atoms with E-state index in [0.29, 0.717) is 24.4 Å². The standard InChI is InChI=1S/C19H18N2O2S2/c1-14(22)17-9-16(13-25-17)10-19(23)21(12-18-20-7-8-24-18)11-15-5-3-2-4-6-15/h2-9,13H,10-12H2,1H3. The van der Waals surface area contributed by atoms with E-state index in [-0.39, 0.29) is 11.7 Å². The molecule has 0 fully saturated rings. The van der Waals surface area contributed by atoms with Gasteiger partial charge in [0, 0.05) is 18.1 Å². The number of thiazole rings is 1. The Hall–Kier alpha value is -2.31. The third-order valence-corrected chi connectivity index (χ3v) is 5.58. The fraction of sp³-hybridized carbons (Fsp3) is 0.211. The topological polar surface area (TPSA) is 50.3 Å². The molecule has 0 spiro atoms. The van der Waals surface area contributed by atoms with Crippen LogP contribution in [0, 0.1) is 0 Å². The summed E-state index contributed by atoms with van der Waals surface area (Å²) in [6, 6.07) is 11.8. The lowest BCUT2D eigenvalue weighted by molar-refractivity contribution is -0.131. The Morgan fingerprint density at radius 1 is 1.08 bits per heavy atom. The molecule has 1 amide bonds. The number of Topliss-reactive ketones (excluding diaryl/α,β-unsaturated/α-hetero) is 1. The molecule has 0 saturated heterocycles. The van der Waals surface area contributed by atoms with Crippen molar-refractivity contribution >= 4 is 34.4 Å². The second kappa shape index (κ2) is 8.18. The number of ketones is 1. The quantitative estimate of drug-likeness (QED) is 0.586. The van der Waals surface area contributed by atoms with Gasteiger partial charge in [0.25, 0.3) is 0 Å². The Morgan fingerprint density at radius 3 is 2.52 bits per heavy atom. The number of carbonyl (C=O) groups is 2. The minimum absolute atomic E-state index is 0.0342. The predicted octanol–water partition coefficient (Wildman–Crippen LogP) is 4.18. The van der Waals surface area contributed by atoms with Gasteiger partial charge in [0.05, 0.1) is 17.8 Å². The fourth-order valence-corrected chi connectivity index (χ4v) is 3.92. The third-order valence-electron chi connectivity index (χ3n) is 3.73. The molecule has 1 aromatic carbocycles. The van der Waals surface area contributed by atoms with Crippen molar-refractivity contribution in [1.29, 1.82) is 0 Å². The van der Waals surface area contributed by atoms with E-state index in [1.54, 1.807) is 24.5 Å². The molecule has 128 valence electrons. The summed E-state index contributed by atoms with van der Waals surface area (Å²) >= 11 is 2.94. The van der Waals surface area contributed by atoms with Crippen molar-refractivity contribution in [2.75, 3.05) is 0 Å². The van der Waals surface area contributed by atoms with Crippen LogP contribution < -0.4 is 0 Å². The van der Waals surface area contributed by atoms with E-state index in [0.717, 1.165) is 16.1 Å². The molecular formula is C19H18N2O2S2. The summed E-state index contributed by atoms with van der Waals surface area (Å²) in [5.41, 5.74) is 1.97. The van der Waals surface area contributed by atoms with Crippen LogP contribution >= 0.6 is 22.7 Å². The number of nitrogens with zero attached hydrogens (tertiary/aromatic N) is 2. The molecule has 3 rings (SSSR count). The molecule has 0 aliphatic rings. The van der Waals surface area contributed by atoms with Gasteiger partial charge in [0.15, 0.2) is 5.78 Å². The number of thiophene rings is 1. The average molecular weight is 370 g/mol. The van der Waals surface area contributed by atoms with Crippen molar-refractivity contribution in [2.45, 2.75) is 26.4 Å². The van der Waals surface area contributed by atoms with Crippen LogP contribution in [0.1, 0.15) is 32.7 Å². The van der Waals surface area contributed by atoms with Crippen molar-refractivity contribution in [3.63, 3.8) is 0 Å². The van der Waals surface area contributed by atoms with E-state index in [1.165, 1.54) is 11.3 Å². The first kappa shape index (κ1) is 17.5. The summed E-state index contributed by atoms with van der Waals surface area (Å²) < 4.78 is 0. The summed E-state index contributed by atoms with van der Waals surface area (Å²) in [6.45, 7) is 2.58. The SMILES string of the molecule is CC(=O)c1cc(CC(=O)N(Cc2ccccc2)Cc2nccs2)cs1. The number of hydrogen-bond acceptors (Lipinski definition) is 5. The average Bonchev–Trinajstić information content (AvgIpc) is 3.27. The molecule has 3 aromatic rings. The highest BCUT2D eigenvalue weighted by Gasteiger charge is 2.17. The fourth-order valence-electron chi connectivity index (χ4n) is 2.47. The van der Waals surface area contributed by atoms with Crippen molar-refractivity contribution in [1.82, 2.24) is 9.88 Å². The lowest BCUT2D eigenvalue weighted by Crippen LogP contribution is -2.31. The van der Waals surface area contributed by atoms with E-state index in [9.17, 15) is 9.59 Å². The van der Waals surface area contributed by atoms with Crippen LogP contribution in [0.4, 0.5) is 0 Å². The van der Waals surface area contributed by atoms with Gasteiger partial charge in [-0.05, 0) is 29.5 Å². The van der Waals surface area contributed by atoms with Gasteiger partial charge < -0.3 is 4.90 Å². The largest absolute Gasteiger partial charge is 0.331 e. The molecule has 0 aliphatic carbocycles. The van der Waals surface area contributed by atoms with E-state index < -0.39 is 0 Å². The van der Waals surface area contributed by atoms with Crippen LogP contribution in [0.3, 0.4) is 0 Å². The number of rotatable bonds is 7. The lowest BCUT2D eigenvalue weighted by atomic mass is 10.1. The van der Waals surface area contributed by atoms with Crippen LogP contribution in [-0.2, 0) is 24.3 Å². The predicted molar refractivity (Wildman–Crippen MR) is 101 cm³/mol. The maximum atomic E-state index is 12.8. The summed E-state index contributed by atoms with van der Waals surface area (Å²) in [5, 5.41) is 4.72. The Balaban J connectivity index is 1.74. The molecule has 6 heteroatoms. The van der Waals surface area contributed by atoms with Crippen LogP contribution in [-0.4, -0.2) is 21.6 Å². The van der Waals surface area contributed by atoms with Crippen molar-refractivity contribution in [2.24, 2.45) is 0 Å². The molecule has 0 N–H and O–H groups in total. The zero-order valence-electron chi connectivity index (χ0n) is 13.8. The van der Waals surface area contributed by atoms with Gasteiger partial charge in [-0.25, -0.2) is 4.98 Å². The Labute approximate surface area is 154 Å². The molecule has 4 nitrogen and oxygen atoms in total. The first-order chi connectivity index (χ1) is 12.1. The monoisotopic (exact) mass is 370 g/mol. The van der Waals surface area contributed by atoms with Crippen LogP contribution in [0.2, 0.25) is 0 Å². The zero-order valence-corrected chi connectivity index (χ0v) is 15.5. The highest BCUT2D eigenvalue weighted by Crippen LogP contribution is 2.18. The number of benzene rings is 1. The van der Waals surface area contributed by atoms with Gasteiger partial charge >= 0.3 is 0 Å². The summed E-state index contributed by atoms with van der Waals surface area (Å²) in [5.74, 6) is 0.0691. The first-order valence-electron chi connectivity index (χ1n) is 7.90. The molecule has 0 radical (unpaired) electrons. The molecule has 0 saturated carbocycles. The van der Waals surface area contributed by atoms with E-state index >= 15 is 0 Å². The van der Waals surface area contributed by atoms with E-state index in [1.807, 2.05) is 52.1 Å². The van der Waals surface area contributed by atoms with Crippen LogP contribution in [0.5, 0.6) is 0 Å². The molecule has 2 aromatic heterocycles. The second-order valence-corrected chi connectivity index (χ2v) is 7.60. The molecule has 0 aliphatic heterocycles. The van der Waals surface area contributed by atoms with Crippen LogP contribution in [0.15, 0.2) is 53.4 Å². The van der Waals surface area contributed by atoms with Crippen LogP contribution in [0.25, 0.3) is 0 Å². The molecule has 0 atom stereocenters. The van der Waals surface area contributed by atoms with Crippen molar-refractivity contribution < 1.29 is 9.59 Å². The van der Waals surface area contributed by atoms with Gasteiger partial charge in [-0.3, -0.25) is 9.59 Å². The maximum Gasteiger partial charge on any atom is 0.227 e. The number of carbonyl (C=O) groups excluding carboxylic acids is 2. The molecular weight excluding hydrogens is 352 g/mol. The third kappa shape index (κ3) is 4.84. The molecule has 2 heterocycles. The van der Waals surface area contributed by atoms with Gasteiger partial charge in [-0.1, -0.05) is 30.3 Å². The summed E-state index contributed by atoms with van der Waals surface area (Å²) in [7, 11) is 0.